The molecule has 1 aromatic heterocycles. The first-order valence-corrected chi connectivity index (χ1v) is 5.91. The van der Waals surface area contributed by atoms with Crippen molar-refractivity contribution < 1.29 is 4.39 Å². The number of halogens is 3. The predicted molar refractivity (Wildman–Crippen MR) is 69.3 cm³/mol. The molecule has 1 heterocycles. The quantitative estimate of drug-likeness (QED) is 0.874. The lowest BCUT2D eigenvalue weighted by atomic mass is 10.2. The molecule has 0 saturated heterocycles. The number of benzene rings is 1. The van der Waals surface area contributed by atoms with Gasteiger partial charge in [0.15, 0.2) is 17.5 Å². The molecule has 0 saturated carbocycles. The van der Waals surface area contributed by atoms with Gasteiger partial charge in [0.1, 0.15) is 0 Å². The molecule has 3 nitrogen and oxygen atoms in total. The number of nitrogens with two attached hydrogens (primary N) is 1. The van der Waals surface area contributed by atoms with Crippen LogP contribution in [0.3, 0.4) is 0 Å². The Balaban J connectivity index is 2.57. The van der Waals surface area contributed by atoms with Gasteiger partial charge in [0.25, 0.3) is 0 Å². The van der Waals surface area contributed by atoms with E-state index in [9.17, 15) is 4.39 Å². The van der Waals surface area contributed by atoms with Gasteiger partial charge in [-0.15, -0.1) is 0 Å². The molecule has 17 heavy (non-hydrogen) atoms. The smallest absolute Gasteiger partial charge is 0.186 e. The van der Waals surface area contributed by atoms with Crippen molar-refractivity contribution >= 4 is 33.3 Å². The highest BCUT2D eigenvalue weighted by Gasteiger charge is 2.10. The fourth-order valence-electron chi connectivity index (χ4n) is 1.35. The Kier molecular flexibility index (Phi) is 3.31. The maximum absolute atomic E-state index is 13.3. The standard InChI is InChI=1S/C11H8BrClFN3/c1-5-9(14)10(15)17-11(16-5)6-2-3-8(13)7(12)4-6/h2-4H,1H3,(H2,15,16,17). The van der Waals surface area contributed by atoms with E-state index in [2.05, 4.69) is 25.9 Å². The normalized spacial score (nSPS) is 10.6. The molecule has 0 radical (unpaired) electrons. The SMILES string of the molecule is Cc1nc(-c2ccc(Cl)c(Br)c2)nc(N)c1F. The van der Waals surface area contributed by atoms with Gasteiger partial charge in [0.2, 0.25) is 0 Å². The van der Waals surface area contributed by atoms with Crippen LogP contribution < -0.4 is 5.73 Å². The van der Waals surface area contributed by atoms with Gasteiger partial charge in [0, 0.05) is 10.0 Å². The van der Waals surface area contributed by atoms with Crippen molar-refractivity contribution in [2.75, 3.05) is 5.73 Å². The van der Waals surface area contributed by atoms with Crippen LogP contribution in [0.5, 0.6) is 0 Å². The first-order chi connectivity index (χ1) is 7.99. The van der Waals surface area contributed by atoms with Crippen molar-refractivity contribution in [1.29, 1.82) is 0 Å². The van der Waals surface area contributed by atoms with E-state index in [0.29, 0.717) is 10.8 Å². The summed E-state index contributed by atoms with van der Waals surface area (Å²) in [6, 6.07) is 5.22. The summed E-state index contributed by atoms with van der Waals surface area (Å²) in [6.07, 6.45) is 0. The number of rotatable bonds is 1. The Morgan fingerprint density at radius 3 is 2.65 bits per heavy atom. The van der Waals surface area contributed by atoms with Gasteiger partial charge in [-0.2, -0.15) is 0 Å². The van der Waals surface area contributed by atoms with Crippen LogP contribution in [-0.2, 0) is 0 Å². The number of nitrogens with zero attached hydrogens (tertiary/aromatic N) is 2. The maximum Gasteiger partial charge on any atom is 0.186 e. The molecular formula is C11H8BrClFN3. The van der Waals surface area contributed by atoms with Crippen LogP contribution in [0.2, 0.25) is 5.02 Å². The molecule has 0 amide bonds. The minimum atomic E-state index is -0.582. The van der Waals surface area contributed by atoms with Crippen LogP contribution in [0.1, 0.15) is 5.69 Å². The van der Waals surface area contributed by atoms with Gasteiger partial charge in [0.05, 0.1) is 10.7 Å². The number of aryl methyl sites for hydroxylation is 1. The summed E-state index contributed by atoms with van der Waals surface area (Å²) in [7, 11) is 0. The Hall–Kier alpha value is -1.20. The molecule has 2 rings (SSSR count). The Bertz CT molecular complexity index is 566. The highest BCUT2D eigenvalue weighted by molar-refractivity contribution is 9.10. The average molecular weight is 317 g/mol. The monoisotopic (exact) mass is 315 g/mol. The zero-order valence-corrected chi connectivity index (χ0v) is 11.2. The summed E-state index contributed by atoms with van der Waals surface area (Å²) in [5, 5.41) is 0.584. The Labute approximate surface area is 111 Å². The van der Waals surface area contributed by atoms with Crippen LogP contribution in [0.4, 0.5) is 10.2 Å². The third-order valence-electron chi connectivity index (χ3n) is 2.22. The van der Waals surface area contributed by atoms with E-state index in [4.69, 9.17) is 17.3 Å². The second-order valence-corrected chi connectivity index (χ2v) is 4.72. The molecule has 0 bridgehead atoms. The lowest BCUT2D eigenvalue weighted by Gasteiger charge is -2.05. The minimum absolute atomic E-state index is 0.154. The number of hydrogen-bond acceptors (Lipinski definition) is 3. The summed E-state index contributed by atoms with van der Waals surface area (Å²) < 4.78 is 14.0. The van der Waals surface area contributed by atoms with Crippen molar-refractivity contribution in [3.63, 3.8) is 0 Å². The zero-order chi connectivity index (χ0) is 12.6. The van der Waals surface area contributed by atoms with Crippen LogP contribution in [0.25, 0.3) is 11.4 Å². The molecule has 6 heteroatoms. The van der Waals surface area contributed by atoms with Crippen LogP contribution in [-0.4, -0.2) is 9.97 Å². The predicted octanol–water partition coefficient (Wildman–Crippen LogP) is 3.59. The second kappa shape index (κ2) is 4.58. The first kappa shape index (κ1) is 12.3. The van der Waals surface area contributed by atoms with Gasteiger partial charge in [-0.1, -0.05) is 11.6 Å². The van der Waals surface area contributed by atoms with Gasteiger partial charge in [-0.25, -0.2) is 14.4 Å². The van der Waals surface area contributed by atoms with Crippen molar-refractivity contribution in [2.24, 2.45) is 0 Å². The third kappa shape index (κ3) is 2.40. The summed E-state index contributed by atoms with van der Waals surface area (Å²) in [4.78, 5) is 7.95. The molecule has 0 atom stereocenters. The van der Waals surface area contributed by atoms with Crippen LogP contribution in [0, 0.1) is 12.7 Å². The summed E-state index contributed by atoms with van der Waals surface area (Å²) >= 11 is 9.19. The van der Waals surface area contributed by atoms with E-state index >= 15 is 0 Å². The molecule has 0 aliphatic heterocycles. The highest BCUT2D eigenvalue weighted by Crippen LogP contribution is 2.28. The van der Waals surface area contributed by atoms with Crippen molar-refractivity contribution in [2.45, 2.75) is 6.92 Å². The summed E-state index contributed by atoms with van der Waals surface area (Å²) in [6.45, 7) is 1.54. The molecule has 1 aromatic carbocycles. The Morgan fingerprint density at radius 2 is 2.06 bits per heavy atom. The summed E-state index contributed by atoms with van der Waals surface area (Å²) in [5.74, 6) is -0.362. The largest absolute Gasteiger partial charge is 0.381 e. The molecule has 0 aliphatic carbocycles. The molecule has 2 N–H and O–H groups in total. The number of nitrogen functional groups attached to an aromatic ring is 1. The summed E-state index contributed by atoms with van der Waals surface area (Å²) in [5.41, 5.74) is 6.40. The van der Waals surface area contributed by atoms with Crippen LogP contribution >= 0.6 is 27.5 Å². The number of anilines is 1. The van der Waals surface area contributed by atoms with E-state index < -0.39 is 5.82 Å². The van der Waals surface area contributed by atoms with Crippen LogP contribution in [0.15, 0.2) is 22.7 Å². The zero-order valence-electron chi connectivity index (χ0n) is 8.84. The van der Waals surface area contributed by atoms with Crippen molar-refractivity contribution in [1.82, 2.24) is 9.97 Å². The van der Waals surface area contributed by atoms with Gasteiger partial charge < -0.3 is 5.73 Å². The molecule has 0 aliphatic rings. The molecular weight excluding hydrogens is 308 g/mol. The van der Waals surface area contributed by atoms with E-state index in [1.165, 1.54) is 0 Å². The number of hydrogen-bond donors (Lipinski definition) is 1. The van der Waals surface area contributed by atoms with E-state index in [1.54, 1.807) is 25.1 Å². The fraction of sp³-hybridized carbons (Fsp3) is 0.0909. The van der Waals surface area contributed by atoms with E-state index in [1.807, 2.05) is 0 Å². The minimum Gasteiger partial charge on any atom is -0.381 e. The molecule has 88 valence electrons. The van der Waals surface area contributed by atoms with Gasteiger partial charge >= 0.3 is 0 Å². The average Bonchev–Trinajstić information content (AvgIpc) is 2.29. The second-order valence-electron chi connectivity index (χ2n) is 3.46. The topological polar surface area (TPSA) is 51.8 Å². The first-order valence-electron chi connectivity index (χ1n) is 4.74. The lowest BCUT2D eigenvalue weighted by Crippen LogP contribution is -2.02. The molecule has 0 unspecified atom stereocenters. The molecule has 0 spiro atoms. The Morgan fingerprint density at radius 1 is 1.35 bits per heavy atom. The lowest BCUT2D eigenvalue weighted by molar-refractivity contribution is 0.608. The van der Waals surface area contributed by atoms with Gasteiger partial charge in [-0.05, 0) is 41.1 Å². The maximum atomic E-state index is 13.3. The van der Waals surface area contributed by atoms with Crippen molar-refractivity contribution in [3.8, 4) is 11.4 Å². The highest BCUT2D eigenvalue weighted by atomic mass is 79.9. The fourth-order valence-corrected chi connectivity index (χ4v) is 1.84. The third-order valence-corrected chi connectivity index (χ3v) is 3.43. The van der Waals surface area contributed by atoms with E-state index in [0.717, 1.165) is 10.0 Å². The molecule has 2 aromatic rings. The van der Waals surface area contributed by atoms with Crippen molar-refractivity contribution in [3.05, 3.63) is 39.2 Å². The number of aromatic nitrogens is 2. The molecule has 0 fully saturated rings. The van der Waals surface area contributed by atoms with Gasteiger partial charge in [-0.3, -0.25) is 0 Å². The van der Waals surface area contributed by atoms with E-state index in [-0.39, 0.29) is 11.5 Å².